The first-order valence-corrected chi connectivity index (χ1v) is 12.6. The van der Waals surface area contributed by atoms with Crippen LogP contribution in [0.4, 0.5) is 0 Å². The molecule has 10 heteroatoms. The average molecular weight is 489 g/mol. The minimum absolute atomic E-state index is 0.151. The molecule has 2 fully saturated rings. The fraction of sp³-hybridized carbons (Fsp3) is 0.667. The highest BCUT2D eigenvalue weighted by Crippen LogP contribution is 2.30. The lowest BCUT2D eigenvalue weighted by Crippen LogP contribution is -2.58. The Balaban J connectivity index is 1.58. The third-order valence-electron chi connectivity index (χ3n) is 5.63. The molecule has 1 aromatic rings. The van der Waals surface area contributed by atoms with Crippen molar-refractivity contribution >= 4 is 43.2 Å². The monoisotopic (exact) mass is 488 g/mol. The second-order valence-electron chi connectivity index (χ2n) is 7.42. The molecule has 1 amide bonds. The molecule has 1 saturated carbocycles. The summed E-state index contributed by atoms with van der Waals surface area (Å²) < 4.78 is 28.1. The van der Waals surface area contributed by atoms with Crippen LogP contribution in [0, 0.1) is 11.3 Å². The lowest BCUT2D eigenvalue weighted by molar-refractivity contribution is -0.128. The van der Waals surface area contributed by atoms with Gasteiger partial charge >= 0.3 is 0 Å². The third-order valence-corrected chi connectivity index (χ3v) is 9.62. The Kier molecular flexibility index (Phi) is 6.82. The number of nitriles is 1. The van der Waals surface area contributed by atoms with Gasteiger partial charge in [0.25, 0.3) is 10.0 Å². The van der Waals surface area contributed by atoms with Crippen LogP contribution in [0.2, 0.25) is 0 Å². The topological polar surface area (TPSA) is 93.5 Å². The summed E-state index contributed by atoms with van der Waals surface area (Å²) in [5.74, 6) is -0.151. The molecular formula is C18H25BrN4O3S2. The molecular weight excluding hydrogens is 464 g/mol. The van der Waals surface area contributed by atoms with Gasteiger partial charge in [0, 0.05) is 26.2 Å². The van der Waals surface area contributed by atoms with Gasteiger partial charge in [0.1, 0.15) is 9.75 Å². The summed E-state index contributed by atoms with van der Waals surface area (Å²) in [6.07, 6.45) is 4.41. The molecule has 1 aromatic heterocycles. The number of nitrogens with zero attached hydrogens (tertiary/aromatic N) is 3. The highest BCUT2D eigenvalue weighted by atomic mass is 79.9. The normalized spacial score (nSPS) is 22.3. The number of carbonyl (C=O) groups is 1. The summed E-state index contributed by atoms with van der Waals surface area (Å²) in [5.41, 5.74) is -0.749. The number of nitrogens with one attached hydrogen (secondary N) is 1. The number of hydrogen-bond donors (Lipinski definition) is 1. The lowest BCUT2D eigenvalue weighted by atomic mass is 9.82. The van der Waals surface area contributed by atoms with E-state index < -0.39 is 21.6 Å². The number of rotatable bonds is 5. The van der Waals surface area contributed by atoms with Gasteiger partial charge in [-0.3, -0.25) is 9.69 Å². The van der Waals surface area contributed by atoms with E-state index in [4.69, 9.17) is 0 Å². The summed E-state index contributed by atoms with van der Waals surface area (Å²) in [6, 6.07) is 5.26. The summed E-state index contributed by atoms with van der Waals surface area (Å²) >= 11 is 4.50. The van der Waals surface area contributed by atoms with Crippen molar-refractivity contribution in [3.63, 3.8) is 0 Å². The molecule has 7 nitrogen and oxygen atoms in total. The molecule has 1 atom stereocenters. The predicted molar refractivity (Wildman–Crippen MR) is 111 cm³/mol. The van der Waals surface area contributed by atoms with Gasteiger partial charge in [0.05, 0.1) is 15.9 Å². The minimum Gasteiger partial charge on any atom is -0.336 e. The van der Waals surface area contributed by atoms with Crippen molar-refractivity contribution in [1.29, 1.82) is 5.26 Å². The number of piperazine rings is 1. The maximum atomic E-state index is 12.7. The van der Waals surface area contributed by atoms with Crippen LogP contribution in [-0.2, 0) is 14.8 Å². The third kappa shape index (κ3) is 4.60. The van der Waals surface area contributed by atoms with Crippen LogP contribution in [0.3, 0.4) is 0 Å². The Labute approximate surface area is 178 Å². The van der Waals surface area contributed by atoms with Crippen molar-refractivity contribution in [2.45, 2.75) is 54.8 Å². The second kappa shape index (κ2) is 8.79. The fourth-order valence-electron chi connectivity index (χ4n) is 3.82. The van der Waals surface area contributed by atoms with Crippen LogP contribution >= 0.6 is 27.3 Å². The first-order valence-electron chi connectivity index (χ1n) is 9.50. The maximum Gasteiger partial charge on any atom is 0.252 e. The fourth-order valence-corrected chi connectivity index (χ4v) is 7.41. The predicted octanol–water partition coefficient (Wildman–Crippen LogP) is 2.55. The quantitative estimate of drug-likeness (QED) is 0.686. The van der Waals surface area contributed by atoms with Crippen molar-refractivity contribution in [2.75, 3.05) is 26.2 Å². The zero-order valence-corrected chi connectivity index (χ0v) is 19.1. The minimum atomic E-state index is -3.50. The second-order valence-corrected chi connectivity index (χ2v) is 12.0. The van der Waals surface area contributed by atoms with Crippen molar-refractivity contribution in [3.8, 4) is 6.07 Å². The molecule has 0 unspecified atom stereocenters. The molecule has 2 aliphatic rings. The molecule has 154 valence electrons. The van der Waals surface area contributed by atoms with Gasteiger partial charge in [-0.1, -0.05) is 19.3 Å². The molecule has 0 radical (unpaired) electrons. The van der Waals surface area contributed by atoms with Gasteiger partial charge in [0.2, 0.25) is 5.91 Å². The van der Waals surface area contributed by atoms with Crippen LogP contribution in [0.5, 0.6) is 0 Å². The molecule has 28 heavy (non-hydrogen) atoms. The molecule has 1 N–H and O–H groups in total. The number of amides is 1. The van der Waals surface area contributed by atoms with E-state index >= 15 is 0 Å². The zero-order valence-electron chi connectivity index (χ0n) is 15.9. The molecule has 1 saturated heterocycles. The molecule has 1 aliphatic heterocycles. The number of carbonyl (C=O) groups excluding carboxylic acids is 1. The molecule has 0 aromatic carbocycles. The first-order chi connectivity index (χ1) is 13.3. The van der Waals surface area contributed by atoms with E-state index in [0.717, 1.165) is 23.0 Å². The summed E-state index contributed by atoms with van der Waals surface area (Å²) in [7, 11) is -3.50. The lowest BCUT2D eigenvalue weighted by Gasteiger charge is -2.38. The Hall–Kier alpha value is -0.990. The van der Waals surface area contributed by atoms with Crippen LogP contribution in [0.25, 0.3) is 0 Å². The largest absolute Gasteiger partial charge is 0.336 e. The van der Waals surface area contributed by atoms with Gasteiger partial charge in [0.15, 0.2) is 0 Å². The number of halogens is 1. The van der Waals surface area contributed by atoms with Crippen molar-refractivity contribution in [2.24, 2.45) is 0 Å². The van der Waals surface area contributed by atoms with E-state index in [2.05, 4.69) is 27.3 Å². The molecule has 0 spiro atoms. The Morgan fingerprint density at radius 2 is 1.89 bits per heavy atom. The molecule has 0 bridgehead atoms. The number of hydrogen-bond acceptors (Lipinski definition) is 6. The van der Waals surface area contributed by atoms with Crippen molar-refractivity contribution in [1.82, 2.24) is 14.5 Å². The Morgan fingerprint density at radius 1 is 1.25 bits per heavy atom. The van der Waals surface area contributed by atoms with E-state index in [1.165, 1.54) is 15.6 Å². The van der Waals surface area contributed by atoms with Crippen molar-refractivity contribution < 1.29 is 13.2 Å². The van der Waals surface area contributed by atoms with Crippen LogP contribution in [0.1, 0.15) is 39.0 Å². The molecule has 3 rings (SSSR count). The summed E-state index contributed by atoms with van der Waals surface area (Å²) in [6.45, 7) is 3.49. The van der Waals surface area contributed by atoms with Crippen molar-refractivity contribution in [3.05, 3.63) is 15.9 Å². The Bertz CT molecular complexity index is 850. The highest BCUT2D eigenvalue weighted by molar-refractivity contribution is 9.11. The van der Waals surface area contributed by atoms with Gasteiger partial charge < -0.3 is 5.32 Å². The van der Waals surface area contributed by atoms with Gasteiger partial charge in [-0.25, -0.2) is 8.42 Å². The van der Waals surface area contributed by atoms with E-state index in [1.54, 1.807) is 12.1 Å². The Morgan fingerprint density at radius 3 is 2.43 bits per heavy atom. The van der Waals surface area contributed by atoms with E-state index in [9.17, 15) is 18.5 Å². The van der Waals surface area contributed by atoms with E-state index in [0.29, 0.717) is 43.2 Å². The summed E-state index contributed by atoms with van der Waals surface area (Å²) in [5, 5.41) is 12.5. The summed E-state index contributed by atoms with van der Waals surface area (Å²) in [4.78, 5) is 14.7. The molecule has 1 aliphatic carbocycles. The smallest absolute Gasteiger partial charge is 0.252 e. The molecule has 2 heterocycles. The van der Waals surface area contributed by atoms with Crippen LogP contribution in [0.15, 0.2) is 20.1 Å². The first kappa shape index (κ1) is 21.7. The van der Waals surface area contributed by atoms with Gasteiger partial charge in [-0.2, -0.15) is 9.57 Å². The van der Waals surface area contributed by atoms with E-state index in [-0.39, 0.29) is 5.91 Å². The SMILES string of the molecule is C[C@H](C(=O)NC1(C#N)CCCCC1)N1CCN(S(=O)(=O)c2ccc(Br)s2)CC1. The zero-order chi connectivity index (χ0) is 20.4. The van der Waals surface area contributed by atoms with Gasteiger partial charge in [-0.05, 0) is 47.8 Å². The number of sulfonamides is 1. The standard InChI is InChI=1S/C18H25BrN4O3S2/c1-14(17(24)21-18(13-20)7-3-2-4-8-18)22-9-11-23(12-10-22)28(25,26)16-6-5-15(19)27-16/h5-6,14H,2-4,7-12H2,1H3,(H,21,24)/t14-/m1/s1. The van der Waals surface area contributed by atoms with Gasteiger partial charge in [-0.15, -0.1) is 11.3 Å². The van der Waals surface area contributed by atoms with Crippen LogP contribution < -0.4 is 5.32 Å². The van der Waals surface area contributed by atoms with E-state index in [1.807, 2.05) is 11.8 Å². The highest BCUT2D eigenvalue weighted by Gasteiger charge is 2.37. The number of thiophene rings is 1. The van der Waals surface area contributed by atoms with Crippen LogP contribution in [-0.4, -0.2) is 61.3 Å². The maximum absolute atomic E-state index is 12.7. The average Bonchev–Trinajstić information content (AvgIpc) is 3.15.